The molecule has 1 heteroatoms. The average molecular weight is 256 g/mol. The minimum Gasteiger partial charge on any atom is -1.00 e. The molecule has 0 saturated heterocycles. The maximum Gasteiger partial charge on any atom is 4.00 e. The zero-order valence-corrected chi connectivity index (χ0v) is 11.2. The van der Waals surface area contributed by atoms with Crippen LogP contribution < -0.4 is 0 Å². The number of allylic oxidation sites excluding steroid dienone is 8. The van der Waals surface area contributed by atoms with Crippen molar-refractivity contribution in [3.8, 4) is 0 Å². The molecule has 0 aliphatic heterocycles. The van der Waals surface area contributed by atoms with E-state index in [9.17, 15) is 0 Å². The van der Waals surface area contributed by atoms with E-state index in [1.54, 1.807) is 0 Å². The molecule has 0 aromatic heterocycles. The second-order valence-electron chi connectivity index (χ2n) is 4.11. The fraction of sp³-hybridized carbons (Fsp3) is 0.125. The Hall–Kier alpha value is -1.11. The van der Waals surface area contributed by atoms with Crippen LogP contribution in [0.25, 0.3) is 11.1 Å². The van der Waals surface area contributed by atoms with Gasteiger partial charge in [-0.05, 0) is 12.8 Å². The van der Waals surface area contributed by atoms with Gasteiger partial charge in [0.2, 0.25) is 0 Å². The Morgan fingerprint density at radius 2 is 1.71 bits per heavy atom. The SMILES string of the molecule is [H-].[H-].[H-].[Ti+4].[c-]1cccc(C2=CC=CC2)c1C1=CC=CC1. The third-order valence-corrected chi connectivity index (χ3v) is 3.07. The van der Waals surface area contributed by atoms with Crippen LogP contribution in [0.2, 0.25) is 0 Å². The summed E-state index contributed by atoms with van der Waals surface area (Å²) in [6.45, 7) is 0. The van der Waals surface area contributed by atoms with E-state index in [2.05, 4.69) is 54.7 Å². The number of benzene rings is 1. The predicted octanol–water partition coefficient (Wildman–Crippen LogP) is 4.51. The fourth-order valence-electron chi connectivity index (χ4n) is 2.25. The van der Waals surface area contributed by atoms with Crippen LogP contribution in [0.5, 0.6) is 0 Å². The summed E-state index contributed by atoms with van der Waals surface area (Å²) in [7, 11) is 0. The molecule has 0 fully saturated rings. The molecule has 0 atom stereocenters. The number of hydrogen-bond acceptors (Lipinski definition) is 0. The summed E-state index contributed by atoms with van der Waals surface area (Å²) in [6, 6.07) is 9.65. The van der Waals surface area contributed by atoms with Crippen molar-refractivity contribution in [1.29, 1.82) is 0 Å². The van der Waals surface area contributed by atoms with Gasteiger partial charge in [-0.25, -0.2) is 0 Å². The van der Waals surface area contributed by atoms with E-state index in [1.165, 1.54) is 22.3 Å². The summed E-state index contributed by atoms with van der Waals surface area (Å²) in [5.41, 5.74) is 5.38. The average Bonchev–Trinajstić information content (AvgIpc) is 3.03. The van der Waals surface area contributed by atoms with E-state index in [-0.39, 0.29) is 26.0 Å². The first-order valence-corrected chi connectivity index (χ1v) is 5.68. The zero-order chi connectivity index (χ0) is 10.8. The third-order valence-electron chi connectivity index (χ3n) is 3.07. The van der Waals surface area contributed by atoms with Crippen LogP contribution in [0.4, 0.5) is 0 Å². The van der Waals surface area contributed by atoms with Crippen LogP contribution in [0.3, 0.4) is 0 Å². The maximum absolute atomic E-state index is 3.38. The zero-order valence-electron chi connectivity index (χ0n) is 12.6. The van der Waals surface area contributed by atoms with Crippen LogP contribution in [0.1, 0.15) is 28.2 Å². The van der Waals surface area contributed by atoms with Gasteiger partial charge >= 0.3 is 21.7 Å². The molecule has 84 valence electrons. The Labute approximate surface area is 122 Å². The molecule has 0 radical (unpaired) electrons. The summed E-state index contributed by atoms with van der Waals surface area (Å²) in [4.78, 5) is 0. The molecule has 0 unspecified atom stereocenters. The van der Waals surface area contributed by atoms with Crippen molar-refractivity contribution < 1.29 is 26.0 Å². The molecule has 2 aliphatic rings. The van der Waals surface area contributed by atoms with Crippen molar-refractivity contribution >= 4 is 11.1 Å². The summed E-state index contributed by atoms with van der Waals surface area (Å²) in [5, 5.41) is 0. The predicted molar refractivity (Wildman–Crippen MR) is 72.1 cm³/mol. The monoisotopic (exact) mass is 256 g/mol. The fourth-order valence-corrected chi connectivity index (χ4v) is 2.25. The van der Waals surface area contributed by atoms with Crippen molar-refractivity contribution in [3.63, 3.8) is 0 Å². The molecule has 0 spiro atoms. The van der Waals surface area contributed by atoms with Crippen molar-refractivity contribution in [2.75, 3.05) is 0 Å². The van der Waals surface area contributed by atoms with Crippen molar-refractivity contribution in [1.82, 2.24) is 0 Å². The summed E-state index contributed by atoms with van der Waals surface area (Å²) in [6.07, 6.45) is 15.1. The standard InChI is InChI=1S/C16H13.Ti.3H/c1-2-8-13(7-1)15-11-5-6-12-16(15)14-9-3-4-10-14;;;;/h1-7,9,11H,8,10H2;;;;/q-1;+4;3*-1. The van der Waals surface area contributed by atoms with Crippen molar-refractivity contribution in [2.45, 2.75) is 12.8 Å². The Bertz CT molecular complexity index is 493. The second kappa shape index (κ2) is 5.49. The van der Waals surface area contributed by atoms with Gasteiger partial charge in [0.1, 0.15) is 0 Å². The van der Waals surface area contributed by atoms with Gasteiger partial charge in [-0.15, -0.1) is 47.0 Å². The van der Waals surface area contributed by atoms with Crippen LogP contribution in [0, 0.1) is 6.07 Å². The molecule has 17 heavy (non-hydrogen) atoms. The summed E-state index contributed by atoms with van der Waals surface area (Å²) >= 11 is 0. The first kappa shape index (κ1) is 12.4. The van der Waals surface area contributed by atoms with E-state index in [0.29, 0.717) is 0 Å². The van der Waals surface area contributed by atoms with E-state index in [4.69, 9.17) is 0 Å². The minimum atomic E-state index is 0. The Kier molecular flexibility index (Phi) is 3.99. The molecule has 0 amide bonds. The van der Waals surface area contributed by atoms with Crippen LogP contribution in [-0.2, 0) is 21.7 Å². The minimum absolute atomic E-state index is 0. The molecule has 0 saturated carbocycles. The van der Waals surface area contributed by atoms with Crippen molar-refractivity contribution in [3.05, 3.63) is 71.8 Å². The molecule has 0 bridgehead atoms. The van der Waals surface area contributed by atoms with Gasteiger partial charge in [0.25, 0.3) is 0 Å². The van der Waals surface area contributed by atoms with Crippen LogP contribution in [-0.4, -0.2) is 0 Å². The van der Waals surface area contributed by atoms with Gasteiger partial charge in [-0.1, -0.05) is 36.0 Å². The van der Waals surface area contributed by atoms with Crippen molar-refractivity contribution in [2.24, 2.45) is 0 Å². The topological polar surface area (TPSA) is 0 Å². The van der Waals surface area contributed by atoms with Gasteiger partial charge in [0.15, 0.2) is 0 Å². The molecular formula is C16H16Ti. The molecular weight excluding hydrogens is 240 g/mol. The molecule has 0 heterocycles. The first-order valence-electron chi connectivity index (χ1n) is 5.68. The molecule has 1 aromatic carbocycles. The summed E-state index contributed by atoms with van der Waals surface area (Å²) < 4.78 is 0. The summed E-state index contributed by atoms with van der Waals surface area (Å²) in [5.74, 6) is 0. The van der Waals surface area contributed by atoms with Gasteiger partial charge in [-0.3, -0.25) is 0 Å². The van der Waals surface area contributed by atoms with Gasteiger partial charge in [-0.2, -0.15) is 0 Å². The van der Waals surface area contributed by atoms with Crippen LogP contribution >= 0.6 is 0 Å². The van der Waals surface area contributed by atoms with Gasteiger partial charge in [0, 0.05) is 0 Å². The molecule has 0 N–H and O–H groups in total. The Balaban J connectivity index is 0. The van der Waals surface area contributed by atoms with E-state index >= 15 is 0 Å². The van der Waals surface area contributed by atoms with E-state index < -0.39 is 0 Å². The third kappa shape index (κ3) is 2.43. The largest absolute Gasteiger partial charge is 4.00 e. The normalized spacial score (nSPS) is 16.7. The quantitative estimate of drug-likeness (QED) is 0.539. The Morgan fingerprint density at radius 1 is 1.00 bits per heavy atom. The molecule has 0 nitrogen and oxygen atoms in total. The van der Waals surface area contributed by atoms with Gasteiger partial charge < -0.3 is 4.28 Å². The van der Waals surface area contributed by atoms with E-state index in [1.807, 2.05) is 6.07 Å². The molecule has 1 aromatic rings. The number of hydrogen-bond donors (Lipinski definition) is 0. The first-order chi connectivity index (χ1) is 7.95. The Morgan fingerprint density at radius 3 is 2.35 bits per heavy atom. The molecule has 3 rings (SSSR count). The molecule has 2 aliphatic carbocycles. The van der Waals surface area contributed by atoms with Gasteiger partial charge in [0.05, 0.1) is 0 Å². The number of rotatable bonds is 2. The second-order valence-corrected chi connectivity index (χ2v) is 4.11. The maximum atomic E-state index is 3.38. The van der Waals surface area contributed by atoms with E-state index in [0.717, 1.165) is 12.8 Å². The smallest absolute Gasteiger partial charge is 1.00 e. The van der Waals surface area contributed by atoms with Crippen LogP contribution in [0.15, 0.2) is 54.7 Å².